The highest BCUT2D eigenvalue weighted by Gasteiger charge is 2.23. The quantitative estimate of drug-likeness (QED) is 0.384. The zero-order valence-electron chi connectivity index (χ0n) is 13.5. The SMILES string of the molecule is CCCCCCCCCCC(CC(C)(C)C=O)C(=O)[O-]. The molecular formula is C17H31O3-. The lowest BCUT2D eigenvalue weighted by Gasteiger charge is -2.25. The summed E-state index contributed by atoms with van der Waals surface area (Å²) in [4.78, 5) is 22.0. The van der Waals surface area contributed by atoms with Crippen molar-refractivity contribution in [1.29, 1.82) is 0 Å². The van der Waals surface area contributed by atoms with Crippen molar-refractivity contribution in [3.8, 4) is 0 Å². The number of rotatable bonds is 13. The predicted octanol–water partition coefficient (Wildman–Crippen LogP) is 3.50. The summed E-state index contributed by atoms with van der Waals surface area (Å²) in [5.74, 6) is -1.50. The number of carboxylic acid groups (broad SMARTS) is 1. The Morgan fingerprint density at radius 2 is 1.55 bits per heavy atom. The van der Waals surface area contributed by atoms with Gasteiger partial charge in [0.1, 0.15) is 6.29 Å². The average Bonchev–Trinajstić information content (AvgIpc) is 2.40. The molecule has 1 unspecified atom stereocenters. The molecule has 0 spiro atoms. The van der Waals surface area contributed by atoms with Crippen LogP contribution in [0.4, 0.5) is 0 Å². The van der Waals surface area contributed by atoms with Crippen LogP contribution >= 0.6 is 0 Å². The van der Waals surface area contributed by atoms with Crippen LogP contribution in [0.25, 0.3) is 0 Å². The van der Waals surface area contributed by atoms with Crippen LogP contribution in [0.3, 0.4) is 0 Å². The molecule has 0 aromatic carbocycles. The first-order valence-electron chi connectivity index (χ1n) is 8.10. The summed E-state index contributed by atoms with van der Waals surface area (Å²) in [6.45, 7) is 5.77. The topological polar surface area (TPSA) is 57.2 Å². The van der Waals surface area contributed by atoms with Crippen LogP contribution in [0.5, 0.6) is 0 Å². The summed E-state index contributed by atoms with van der Waals surface area (Å²) < 4.78 is 0. The Hall–Kier alpha value is -0.860. The maximum absolute atomic E-state index is 11.1. The van der Waals surface area contributed by atoms with Crippen molar-refractivity contribution in [2.75, 3.05) is 0 Å². The van der Waals surface area contributed by atoms with E-state index in [1.807, 2.05) is 0 Å². The molecular weight excluding hydrogens is 252 g/mol. The van der Waals surface area contributed by atoms with Crippen molar-refractivity contribution in [1.82, 2.24) is 0 Å². The Balaban J connectivity index is 3.77. The minimum atomic E-state index is -1.01. The molecule has 118 valence electrons. The van der Waals surface area contributed by atoms with Gasteiger partial charge in [-0.2, -0.15) is 0 Å². The van der Waals surface area contributed by atoms with E-state index in [0.29, 0.717) is 12.8 Å². The molecule has 3 nitrogen and oxygen atoms in total. The van der Waals surface area contributed by atoms with E-state index in [0.717, 1.165) is 19.1 Å². The van der Waals surface area contributed by atoms with Gasteiger partial charge in [0, 0.05) is 11.4 Å². The third kappa shape index (κ3) is 9.99. The van der Waals surface area contributed by atoms with E-state index in [2.05, 4.69) is 6.92 Å². The predicted molar refractivity (Wildman–Crippen MR) is 80.2 cm³/mol. The van der Waals surface area contributed by atoms with E-state index in [-0.39, 0.29) is 0 Å². The van der Waals surface area contributed by atoms with Gasteiger partial charge in [0.05, 0.1) is 0 Å². The van der Waals surface area contributed by atoms with Crippen molar-refractivity contribution in [2.24, 2.45) is 11.3 Å². The van der Waals surface area contributed by atoms with Crippen molar-refractivity contribution < 1.29 is 14.7 Å². The van der Waals surface area contributed by atoms with E-state index >= 15 is 0 Å². The largest absolute Gasteiger partial charge is 0.550 e. The Bertz CT molecular complexity index is 271. The maximum atomic E-state index is 11.1. The Kier molecular flexibility index (Phi) is 10.4. The van der Waals surface area contributed by atoms with Gasteiger partial charge in [0.15, 0.2) is 0 Å². The molecule has 0 aliphatic carbocycles. The summed E-state index contributed by atoms with van der Waals surface area (Å²) >= 11 is 0. The van der Waals surface area contributed by atoms with Crippen LogP contribution < -0.4 is 5.11 Å². The average molecular weight is 283 g/mol. The molecule has 3 heteroatoms. The van der Waals surface area contributed by atoms with Crippen molar-refractivity contribution in [3.63, 3.8) is 0 Å². The van der Waals surface area contributed by atoms with Crippen molar-refractivity contribution in [2.45, 2.75) is 85.0 Å². The van der Waals surface area contributed by atoms with E-state index in [4.69, 9.17) is 0 Å². The van der Waals surface area contributed by atoms with Crippen LogP contribution in [-0.4, -0.2) is 12.3 Å². The normalized spacial score (nSPS) is 13.2. The molecule has 0 aromatic rings. The Labute approximate surface area is 124 Å². The number of unbranched alkanes of at least 4 members (excludes halogenated alkanes) is 7. The number of aliphatic carboxylic acids is 1. The van der Waals surface area contributed by atoms with E-state index in [1.54, 1.807) is 13.8 Å². The fourth-order valence-corrected chi connectivity index (χ4v) is 2.51. The summed E-state index contributed by atoms with van der Waals surface area (Å²) in [5.41, 5.74) is -0.565. The van der Waals surface area contributed by atoms with Crippen molar-refractivity contribution in [3.05, 3.63) is 0 Å². The van der Waals surface area contributed by atoms with Gasteiger partial charge in [-0.25, -0.2) is 0 Å². The van der Waals surface area contributed by atoms with E-state index in [1.165, 1.54) is 38.5 Å². The van der Waals surface area contributed by atoms with Gasteiger partial charge >= 0.3 is 0 Å². The second-order valence-electron chi connectivity index (χ2n) is 6.59. The first kappa shape index (κ1) is 19.1. The number of aldehydes is 1. The van der Waals surface area contributed by atoms with Gasteiger partial charge in [-0.1, -0.05) is 72.1 Å². The second-order valence-corrected chi connectivity index (χ2v) is 6.59. The molecule has 0 bridgehead atoms. The highest BCUT2D eigenvalue weighted by Crippen LogP contribution is 2.26. The molecule has 0 heterocycles. The third-order valence-electron chi connectivity index (χ3n) is 3.83. The third-order valence-corrected chi connectivity index (χ3v) is 3.83. The molecule has 0 aromatic heterocycles. The molecule has 0 amide bonds. The fraction of sp³-hybridized carbons (Fsp3) is 0.882. The van der Waals surface area contributed by atoms with Crippen LogP contribution in [0, 0.1) is 11.3 Å². The minimum absolute atomic E-state index is 0.384. The zero-order chi connectivity index (χ0) is 15.4. The molecule has 0 fully saturated rings. The molecule has 0 saturated heterocycles. The monoisotopic (exact) mass is 283 g/mol. The highest BCUT2D eigenvalue weighted by molar-refractivity contribution is 5.69. The first-order chi connectivity index (χ1) is 9.43. The molecule has 0 N–H and O–H groups in total. The molecule has 0 aliphatic rings. The smallest absolute Gasteiger partial charge is 0.125 e. The molecule has 0 radical (unpaired) electrons. The van der Waals surface area contributed by atoms with Crippen LogP contribution in [0.2, 0.25) is 0 Å². The van der Waals surface area contributed by atoms with Gasteiger partial charge in [0.2, 0.25) is 0 Å². The lowest BCUT2D eigenvalue weighted by Crippen LogP contribution is -2.34. The summed E-state index contributed by atoms with van der Waals surface area (Å²) in [6.07, 6.45) is 11.5. The number of hydrogen-bond acceptors (Lipinski definition) is 3. The van der Waals surface area contributed by atoms with Crippen molar-refractivity contribution >= 4 is 12.3 Å². The zero-order valence-corrected chi connectivity index (χ0v) is 13.5. The van der Waals surface area contributed by atoms with Crippen LogP contribution in [0.15, 0.2) is 0 Å². The Morgan fingerprint density at radius 1 is 1.05 bits per heavy atom. The minimum Gasteiger partial charge on any atom is -0.550 e. The molecule has 20 heavy (non-hydrogen) atoms. The lowest BCUT2D eigenvalue weighted by atomic mass is 9.82. The van der Waals surface area contributed by atoms with Gasteiger partial charge in [-0.15, -0.1) is 0 Å². The maximum Gasteiger partial charge on any atom is 0.125 e. The van der Waals surface area contributed by atoms with E-state index in [9.17, 15) is 14.7 Å². The summed E-state index contributed by atoms with van der Waals surface area (Å²) in [6, 6.07) is 0. The van der Waals surface area contributed by atoms with Gasteiger partial charge in [0.25, 0.3) is 0 Å². The van der Waals surface area contributed by atoms with Crippen LogP contribution in [-0.2, 0) is 9.59 Å². The number of hydrogen-bond donors (Lipinski definition) is 0. The second kappa shape index (κ2) is 10.9. The fourth-order valence-electron chi connectivity index (χ4n) is 2.51. The Morgan fingerprint density at radius 3 is 2.00 bits per heavy atom. The van der Waals surface area contributed by atoms with Gasteiger partial charge in [-0.3, -0.25) is 0 Å². The van der Waals surface area contributed by atoms with Gasteiger partial charge < -0.3 is 14.7 Å². The molecule has 0 aliphatic heterocycles. The number of carbonyl (C=O) groups is 2. The van der Waals surface area contributed by atoms with E-state index < -0.39 is 17.3 Å². The molecule has 0 saturated carbocycles. The lowest BCUT2D eigenvalue weighted by molar-refractivity contribution is -0.312. The summed E-state index contributed by atoms with van der Waals surface area (Å²) in [7, 11) is 0. The highest BCUT2D eigenvalue weighted by atomic mass is 16.4. The van der Waals surface area contributed by atoms with Crippen LogP contribution in [0.1, 0.15) is 85.0 Å². The standard InChI is InChI=1S/C17H32O3/c1-4-5-6-7-8-9-10-11-12-15(16(19)20)13-17(2,3)14-18/h14-15H,4-13H2,1-3H3,(H,19,20)/p-1. The summed E-state index contributed by atoms with van der Waals surface area (Å²) in [5, 5.41) is 11.1. The molecule has 0 rings (SSSR count). The molecule has 1 atom stereocenters. The number of carbonyl (C=O) groups excluding carboxylic acids is 2. The number of carboxylic acids is 1. The van der Waals surface area contributed by atoms with Gasteiger partial charge in [-0.05, 0) is 18.8 Å². The first-order valence-corrected chi connectivity index (χ1v) is 8.10.